The van der Waals surface area contributed by atoms with Crippen molar-refractivity contribution in [3.8, 4) is 0 Å². The van der Waals surface area contributed by atoms with Crippen molar-refractivity contribution in [2.24, 2.45) is 0 Å². The summed E-state index contributed by atoms with van der Waals surface area (Å²) in [7, 11) is 0. The highest BCUT2D eigenvalue weighted by molar-refractivity contribution is 14.1. The highest BCUT2D eigenvalue weighted by Crippen LogP contribution is 2.21. The van der Waals surface area contributed by atoms with Crippen LogP contribution in [0.1, 0.15) is 17.6 Å². The molecule has 0 bridgehead atoms. The zero-order valence-corrected chi connectivity index (χ0v) is 8.35. The quantitative estimate of drug-likeness (QED) is 0.788. The summed E-state index contributed by atoms with van der Waals surface area (Å²) >= 11 is 1.90. The van der Waals surface area contributed by atoms with E-state index < -0.39 is 17.5 Å². The fourth-order valence-corrected chi connectivity index (χ4v) is 1.32. The van der Waals surface area contributed by atoms with Crippen molar-refractivity contribution < 1.29 is 8.78 Å². The van der Waals surface area contributed by atoms with Gasteiger partial charge in [0.2, 0.25) is 0 Å². The Kier molecular flexibility index (Phi) is 2.81. The van der Waals surface area contributed by atoms with Gasteiger partial charge >= 0.3 is 0 Å². The van der Waals surface area contributed by atoms with Crippen LogP contribution in [0.15, 0.2) is 11.0 Å². The Morgan fingerprint density at radius 1 is 1.58 bits per heavy atom. The van der Waals surface area contributed by atoms with E-state index in [0.717, 1.165) is 0 Å². The molecule has 66 valence electrons. The molecule has 0 aliphatic rings. The molecule has 5 heteroatoms. The summed E-state index contributed by atoms with van der Waals surface area (Å²) in [6.07, 6.45) is -1.28. The summed E-state index contributed by atoms with van der Waals surface area (Å²) in [5.74, 6) is 0. The Morgan fingerprint density at radius 3 is 2.58 bits per heavy atom. The SMILES string of the molecule is Cc1c(I)c[nH]c(=O)c1C(F)F. The third-order valence-electron chi connectivity index (χ3n) is 1.56. The number of hydrogen-bond donors (Lipinski definition) is 1. The van der Waals surface area contributed by atoms with Crippen molar-refractivity contribution in [3.05, 3.63) is 31.2 Å². The number of halogens is 3. The fraction of sp³-hybridized carbons (Fsp3) is 0.286. The first-order valence-corrected chi connectivity index (χ1v) is 4.27. The van der Waals surface area contributed by atoms with Gasteiger partial charge in [-0.1, -0.05) is 0 Å². The third kappa shape index (κ3) is 1.65. The van der Waals surface area contributed by atoms with Gasteiger partial charge in [-0.3, -0.25) is 4.79 Å². The lowest BCUT2D eigenvalue weighted by Crippen LogP contribution is -2.15. The Hall–Kier alpha value is -0.460. The van der Waals surface area contributed by atoms with Gasteiger partial charge in [-0.15, -0.1) is 0 Å². The van der Waals surface area contributed by atoms with Crippen LogP contribution in [0.5, 0.6) is 0 Å². The van der Waals surface area contributed by atoms with Crippen LogP contribution in [0.3, 0.4) is 0 Å². The van der Waals surface area contributed by atoms with E-state index in [1.807, 2.05) is 22.6 Å². The highest BCUT2D eigenvalue weighted by atomic mass is 127. The molecule has 0 fully saturated rings. The van der Waals surface area contributed by atoms with Crippen molar-refractivity contribution in [1.29, 1.82) is 0 Å². The second-order valence-electron chi connectivity index (χ2n) is 2.31. The number of H-pyrrole nitrogens is 1. The molecule has 0 atom stereocenters. The van der Waals surface area contributed by atoms with Gasteiger partial charge in [0, 0.05) is 9.77 Å². The van der Waals surface area contributed by atoms with Crippen LogP contribution in [0.4, 0.5) is 8.78 Å². The lowest BCUT2D eigenvalue weighted by molar-refractivity contribution is 0.148. The normalized spacial score (nSPS) is 10.8. The first kappa shape index (κ1) is 9.63. The van der Waals surface area contributed by atoms with Gasteiger partial charge in [0.25, 0.3) is 12.0 Å². The molecule has 1 aromatic rings. The average Bonchev–Trinajstić information content (AvgIpc) is 1.97. The second kappa shape index (κ2) is 3.51. The Bertz CT molecular complexity index is 348. The molecule has 0 amide bonds. The zero-order chi connectivity index (χ0) is 9.30. The van der Waals surface area contributed by atoms with Gasteiger partial charge < -0.3 is 4.98 Å². The monoisotopic (exact) mass is 285 g/mol. The summed E-state index contributed by atoms with van der Waals surface area (Å²) in [6.45, 7) is 1.51. The minimum atomic E-state index is -2.71. The van der Waals surface area contributed by atoms with Gasteiger partial charge in [0.05, 0.1) is 5.56 Å². The first-order valence-electron chi connectivity index (χ1n) is 3.20. The zero-order valence-electron chi connectivity index (χ0n) is 6.20. The van der Waals surface area contributed by atoms with E-state index in [9.17, 15) is 13.6 Å². The average molecular weight is 285 g/mol. The molecule has 0 saturated carbocycles. The van der Waals surface area contributed by atoms with Crippen molar-refractivity contribution in [2.45, 2.75) is 13.3 Å². The van der Waals surface area contributed by atoms with Gasteiger partial charge in [-0.05, 0) is 35.1 Å². The van der Waals surface area contributed by atoms with Crippen LogP contribution in [0, 0.1) is 10.5 Å². The molecule has 0 aliphatic heterocycles. The largest absolute Gasteiger partial charge is 0.328 e. The molecule has 12 heavy (non-hydrogen) atoms. The van der Waals surface area contributed by atoms with Crippen LogP contribution < -0.4 is 5.56 Å². The molecule has 1 heterocycles. The summed E-state index contributed by atoms with van der Waals surface area (Å²) in [4.78, 5) is 13.1. The molecular weight excluding hydrogens is 279 g/mol. The molecule has 0 spiro atoms. The number of aromatic nitrogens is 1. The van der Waals surface area contributed by atoms with Crippen molar-refractivity contribution >= 4 is 22.6 Å². The van der Waals surface area contributed by atoms with E-state index in [4.69, 9.17) is 0 Å². The van der Waals surface area contributed by atoms with Crippen LogP contribution in [0.2, 0.25) is 0 Å². The smallest absolute Gasteiger partial charge is 0.269 e. The molecular formula is C7H6F2INO. The minimum Gasteiger partial charge on any atom is -0.328 e. The number of hydrogen-bond acceptors (Lipinski definition) is 1. The van der Waals surface area contributed by atoms with E-state index in [1.165, 1.54) is 13.1 Å². The summed E-state index contributed by atoms with van der Waals surface area (Å²) < 4.78 is 25.1. The molecule has 2 nitrogen and oxygen atoms in total. The molecule has 1 N–H and O–H groups in total. The van der Waals surface area contributed by atoms with E-state index in [0.29, 0.717) is 9.13 Å². The van der Waals surface area contributed by atoms with Crippen LogP contribution in [-0.4, -0.2) is 4.98 Å². The van der Waals surface area contributed by atoms with Gasteiger partial charge in [0.1, 0.15) is 0 Å². The maximum Gasteiger partial charge on any atom is 0.269 e. The van der Waals surface area contributed by atoms with E-state index in [1.54, 1.807) is 0 Å². The molecule has 1 rings (SSSR count). The molecule has 1 aromatic heterocycles. The minimum absolute atomic E-state index is 0.356. The maximum atomic E-state index is 12.2. The third-order valence-corrected chi connectivity index (χ3v) is 2.68. The van der Waals surface area contributed by atoms with Gasteiger partial charge in [-0.2, -0.15) is 0 Å². The Morgan fingerprint density at radius 2 is 2.17 bits per heavy atom. The van der Waals surface area contributed by atoms with Crippen LogP contribution >= 0.6 is 22.6 Å². The number of rotatable bonds is 1. The van der Waals surface area contributed by atoms with Crippen LogP contribution in [0.25, 0.3) is 0 Å². The summed E-state index contributed by atoms with van der Waals surface area (Å²) in [5.41, 5.74) is -0.779. The molecule has 0 aliphatic carbocycles. The van der Waals surface area contributed by atoms with E-state index >= 15 is 0 Å². The second-order valence-corrected chi connectivity index (χ2v) is 3.47. The van der Waals surface area contributed by atoms with Crippen molar-refractivity contribution in [1.82, 2.24) is 4.98 Å². The molecule has 0 saturated heterocycles. The Labute approximate surface area is 81.1 Å². The molecule has 0 unspecified atom stereocenters. The predicted octanol–water partition coefficient (Wildman–Crippen LogP) is 2.23. The fourth-order valence-electron chi connectivity index (χ4n) is 0.877. The number of alkyl halides is 2. The first-order chi connectivity index (χ1) is 5.54. The van der Waals surface area contributed by atoms with Crippen molar-refractivity contribution in [3.63, 3.8) is 0 Å². The number of pyridine rings is 1. The van der Waals surface area contributed by atoms with Crippen molar-refractivity contribution in [2.75, 3.05) is 0 Å². The highest BCUT2D eigenvalue weighted by Gasteiger charge is 2.16. The van der Waals surface area contributed by atoms with E-state index in [2.05, 4.69) is 4.98 Å². The topological polar surface area (TPSA) is 32.9 Å². The maximum absolute atomic E-state index is 12.2. The summed E-state index contributed by atoms with van der Waals surface area (Å²) in [5, 5.41) is 0. The lowest BCUT2D eigenvalue weighted by atomic mass is 10.2. The summed E-state index contributed by atoms with van der Waals surface area (Å²) in [6, 6.07) is 0. The van der Waals surface area contributed by atoms with E-state index in [-0.39, 0.29) is 0 Å². The Balaban J connectivity index is 3.43. The molecule has 0 radical (unpaired) electrons. The lowest BCUT2D eigenvalue weighted by Gasteiger charge is -2.03. The van der Waals surface area contributed by atoms with Gasteiger partial charge in [-0.25, -0.2) is 8.78 Å². The van der Waals surface area contributed by atoms with Gasteiger partial charge in [0.15, 0.2) is 0 Å². The predicted molar refractivity (Wildman–Crippen MR) is 49.5 cm³/mol. The van der Waals surface area contributed by atoms with Crippen LogP contribution in [-0.2, 0) is 0 Å². The number of aromatic amines is 1. The number of nitrogens with one attached hydrogen (secondary N) is 1. The molecule has 0 aromatic carbocycles. The standard InChI is InChI=1S/C7H6F2INO/c1-3-4(10)2-11-7(12)5(3)6(8)9/h2,6H,1H3,(H,11,12).